The highest BCUT2D eigenvalue weighted by Crippen LogP contribution is 2.45. The number of benzene rings is 3. The minimum Gasteiger partial charge on any atom is -0.368 e. The maximum Gasteiger partial charge on any atom is 0.167 e. The molecule has 2 aliphatic carbocycles. The van der Waals surface area contributed by atoms with Gasteiger partial charge in [-0.1, -0.05) is 54.6 Å². The number of hydrogen-bond donors (Lipinski definition) is 0. The van der Waals surface area contributed by atoms with Gasteiger partial charge in [-0.05, 0) is 103 Å². The third kappa shape index (κ3) is 5.08. The minimum atomic E-state index is -0.861. The van der Waals surface area contributed by atoms with Crippen molar-refractivity contribution in [1.82, 2.24) is 0 Å². The summed E-state index contributed by atoms with van der Waals surface area (Å²) in [6.07, 6.45) is 11.5. The Labute approximate surface area is 223 Å². The molecule has 3 aromatic carbocycles. The molecule has 1 unspecified atom stereocenters. The summed E-state index contributed by atoms with van der Waals surface area (Å²) < 4.78 is 49.6. The van der Waals surface area contributed by atoms with E-state index in [1.165, 1.54) is 38.5 Å². The average molecular weight is 517 g/mol. The van der Waals surface area contributed by atoms with Gasteiger partial charge in [0.15, 0.2) is 11.6 Å². The number of halogens is 3. The van der Waals surface area contributed by atoms with Crippen molar-refractivity contribution in [2.75, 3.05) is 6.61 Å². The highest BCUT2D eigenvalue weighted by atomic mass is 19.2. The molecule has 0 spiro atoms. The first kappa shape index (κ1) is 25.4. The first-order chi connectivity index (χ1) is 18.5. The third-order valence-electron chi connectivity index (χ3n) is 9.35. The van der Waals surface area contributed by atoms with Crippen LogP contribution in [0, 0.1) is 35.2 Å². The van der Waals surface area contributed by atoms with Crippen LogP contribution in [0.5, 0.6) is 0 Å². The lowest BCUT2D eigenvalue weighted by Gasteiger charge is -2.37. The molecule has 1 aliphatic heterocycles. The van der Waals surface area contributed by atoms with E-state index in [1.54, 1.807) is 30.3 Å². The number of allylic oxidation sites excluding steroid dienone is 1. The summed E-state index contributed by atoms with van der Waals surface area (Å²) >= 11 is 0. The van der Waals surface area contributed by atoms with E-state index in [-0.39, 0.29) is 29.0 Å². The van der Waals surface area contributed by atoms with Gasteiger partial charge in [0.2, 0.25) is 0 Å². The molecule has 2 saturated carbocycles. The van der Waals surface area contributed by atoms with Crippen molar-refractivity contribution in [3.05, 3.63) is 95.8 Å². The second kappa shape index (κ2) is 10.7. The number of epoxide rings is 1. The summed E-state index contributed by atoms with van der Waals surface area (Å²) in [5, 5.41) is 0. The smallest absolute Gasteiger partial charge is 0.167 e. The van der Waals surface area contributed by atoms with Gasteiger partial charge >= 0.3 is 0 Å². The SMILES string of the molecule is C=CC1CCC(C2CCC(c3ccc(-c4ccc(-c5ccc(C6CO6)c(F)c5F)cc4)cc3F)CC2)CC1. The first-order valence-electron chi connectivity index (χ1n) is 14.1. The molecular weight excluding hydrogens is 481 g/mol. The van der Waals surface area contributed by atoms with Crippen LogP contribution in [-0.4, -0.2) is 6.61 Å². The molecule has 1 atom stereocenters. The molecule has 0 aromatic heterocycles. The van der Waals surface area contributed by atoms with Gasteiger partial charge in [-0.15, -0.1) is 6.58 Å². The summed E-state index contributed by atoms with van der Waals surface area (Å²) in [4.78, 5) is 0. The van der Waals surface area contributed by atoms with Crippen molar-refractivity contribution >= 4 is 0 Å². The topological polar surface area (TPSA) is 12.5 Å². The Morgan fingerprint density at radius 3 is 1.84 bits per heavy atom. The molecule has 0 amide bonds. The first-order valence-corrected chi connectivity index (χ1v) is 14.1. The molecule has 3 aromatic rings. The zero-order valence-corrected chi connectivity index (χ0v) is 21.8. The number of rotatable bonds is 6. The molecular formula is C34H35F3O. The van der Waals surface area contributed by atoms with Crippen LogP contribution in [0.1, 0.15) is 74.5 Å². The van der Waals surface area contributed by atoms with Gasteiger partial charge in [-0.2, -0.15) is 0 Å². The highest BCUT2D eigenvalue weighted by Gasteiger charge is 2.32. The van der Waals surface area contributed by atoms with Gasteiger partial charge in [-0.3, -0.25) is 0 Å². The Balaban J connectivity index is 1.11. The summed E-state index contributed by atoms with van der Waals surface area (Å²) in [7, 11) is 0. The van der Waals surface area contributed by atoms with Crippen molar-refractivity contribution < 1.29 is 17.9 Å². The van der Waals surface area contributed by atoms with E-state index in [0.29, 0.717) is 18.1 Å². The van der Waals surface area contributed by atoms with Gasteiger partial charge in [0.1, 0.15) is 11.9 Å². The largest absolute Gasteiger partial charge is 0.368 e. The van der Waals surface area contributed by atoms with Crippen LogP contribution in [-0.2, 0) is 4.74 Å². The van der Waals surface area contributed by atoms with Crippen LogP contribution < -0.4 is 0 Å². The molecule has 3 fully saturated rings. The Morgan fingerprint density at radius 1 is 0.658 bits per heavy atom. The van der Waals surface area contributed by atoms with Crippen molar-refractivity contribution in [2.24, 2.45) is 17.8 Å². The molecule has 0 bridgehead atoms. The molecule has 1 heterocycles. The molecule has 1 saturated heterocycles. The predicted molar refractivity (Wildman–Crippen MR) is 146 cm³/mol. The molecule has 4 heteroatoms. The molecule has 198 valence electrons. The van der Waals surface area contributed by atoms with E-state index in [2.05, 4.69) is 12.7 Å². The van der Waals surface area contributed by atoms with E-state index < -0.39 is 11.6 Å². The van der Waals surface area contributed by atoms with Gasteiger partial charge in [0.05, 0.1) is 6.61 Å². The van der Waals surface area contributed by atoms with Crippen molar-refractivity contribution in [2.45, 2.75) is 63.4 Å². The van der Waals surface area contributed by atoms with Gasteiger partial charge in [-0.25, -0.2) is 13.2 Å². The van der Waals surface area contributed by atoms with Crippen LogP contribution in [0.2, 0.25) is 0 Å². The van der Waals surface area contributed by atoms with E-state index in [4.69, 9.17) is 4.74 Å². The molecule has 3 aliphatic rings. The third-order valence-corrected chi connectivity index (χ3v) is 9.35. The zero-order chi connectivity index (χ0) is 26.2. The van der Waals surface area contributed by atoms with Crippen LogP contribution >= 0.6 is 0 Å². The van der Waals surface area contributed by atoms with Crippen LogP contribution in [0.25, 0.3) is 22.3 Å². The minimum absolute atomic E-state index is 0.146. The fourth-order valence-electron chi connectivity index (χ4n) is 6.90. The standard InChI is InChI=1S/C34H35F3O/c1-2-21-3-5-22(6-4-21)23-7-11-25(12-8-23)28-16-15-27(19-31(28)35)24-9-13-26(14-10-24)29-17-18-30(32-20-38-32)34(37)33(29)36/h2,9-10,13-19,21-23,25,32H,1,3-8,11-12,20H2. The Bertz CT molecular complexity index is 1290. The van der Waals surface area contributed by atoms with Crippen LogP contribution in [0.3, 0.4) is 0 Å². The Morgan fingerprint density at radius 2 is 1.24 bits per heavy atom. The van der Waals surface area contributed by atoms with Crippen LogP contribution in [0.4, 0.5) is 13.2 Å². The highest BCUT2D eigenvalue weighted by molar-refractivity contribution is 5.71. The Hall–Kier alpha value is -2.85. The monoisotopic (exact) mass is 516 g/mol. The van der Waals surface area contributed by atoms with Crippen molar-refractivity contribution in [3.8, 4) is 22.3 Å². The van der Waals surface area contributed by atoms with Gasteiger partial charge < -0.3 is 4.74 Å². The molecule has 1 nitrogen and oxygen atoms in total. The van der Waals surface area contributed by atoms with Gasteiger partial charge in [0, 0.05) is 11.1 Å². The fraction of sp³-hybridized carbons (Fsp3) is 0.412. The lowest BCUT2D eigenvalue weighted by atomic mass is 9.68. The van der Waals surface area contributed by atoms with Crippen molar-refractivity contribution in [3.63, 3.8) is 0 Å². The second-order valence-corrected chi connectivity index (χ2v) is 11.5. The zero-order valence-electron chi connectivity index (χ0n) is 21.8. The summed E-state index contributed by atoms with van der Waals surface area (Å²) in [6, 6.07) is 15.9. The molecule has 0 N–H and O–H groups in total. The maximum absolute atomic E-state index is 15.3. The molecule has 6 rings (SSSR count). The molecule has 0 radical (unpaired) electrons. The van der Waals surface area contributed by atoms with E-state index >= 15 is 4.39 Å². The van der Waals surface area contributed by atoms with E-state index in [9.17, 15) is 8.78 Å². The lowest BCUT2D eigenvalue weighted by molar-refractivity contribution is 0.171. The van der Waals surface area contributed by atoms with E-state index in [1.807, 2.05) is 24.3 Å². The fourth-order valence-corrected chi connectivity index (χ4v) is 6.90. The van der Waals surface area contributed by atoms with Crippen molar-refractivity contribution in [1.29, 1.82) is 0 Å². The maximum atomic E-state index is 15.3. The number of hydrogen-bond acceptors (Lipinski definition) is 1. The van der Waals surface area contributed by atoms with Crippen LogP contribution in [0.15, 0.2) is 67.3 Å². The average Bonchev–Trinajstić information content (AvgIpc) is 3.80. The summed E-state index contributed by atoms with van der Waals surface area (Å²) in [6.45, 7) is 4.39. The summed E-state index contributed by atoms with van der Waals surface area (Å²) in [5.74, 6) is 0.749. The quantitative estimate of drug-likeness (QED) is 0.235. The summed E-state index contributed by atoms with van der Waals surface area (Å²) in [5.41, 5.74) is 3.53. The molecule has 38 heavy (non-hydrogen) atoms. The predicted octanol–water partition coefficient (Wildman–Crippen LogP) is 9.78. The number of ether oxygens (including phenoxy) is 1. The second-order valence-electron chi connectivity index (χ2n) is 11.5. The van der Waals surface area contributed by atoms with Gasteiger partial charge in [0.25, 0.3) is 0 Å². The Kier molecular flexibility index (Phi) is 7.18. The lowest BCUT2D eigenvalue weighted by Crippen LogP contribution is -2.25. The normalized spacial score (nSPS) is 27.2. The van der Waals surface area contributed by atoms with E-state index in [0.717, 1.165) is 41.4 Å².